The van der Waals surface area contributed by atoms with Gasteiger partial charge >= 0.3 is 5.97 Å². The molecule has 160 valence electrons. The van der Waals surface area contributed by atoms with Crippen LogP contribution in [0.3, 0.4) is 0 Å². The molecule has 3 rings (SSSR count). The molecule has 0 radical (unpaired) electrons. The number of nitrogens with zero attached hydrogens (tertiary/aromatic N) is 2. The van der Waals surface area contributed by atoms with Crippen LogP contribution < -0.4 is 5.32 Å². The zero-order valence-electron chi connectivity index (χ0n) is 17.8. The quantitative estimate of drug-likeness (QED) is 0.357. The Morgan fingerprint density at radius 3 is 2.45 bits per heavy atom. The number of hydrogen-bond acceptors (Lipinski definition) is 6. The van der Waals surface area contributed by atoms with Gasteiger partial charge in [0.15, 0.2) is 12.4 Å². The smallest absolute Gasteiger partial charge is 0.355 e. The Hall–Kier alpha value is -3.94. The number of Topliss-reactive ketones (excluding diaryl/α,β-unsaturated/α-hetero) is 1. The number of ether oxygens (including phenoxy) is 1. The number of esters is 1. The van der Waals surface area contributed by atoms with Gasteiger partial charge < -0.3 is 14.6 Å². The maximum Gasteiger partial charge on any atom is 0.355 e. The van der Waals surface area contributed by atoms with E-state index < -0.39 is 18.5 Å². The summed E-state index contributed by atoms with van der Waals surface area (Å²) in [6.45, 7) is 6.23. The van der Waals surface area contributed by atoms with Crippen molar-refractivity contribution in [3.63, 3.8) is 0 Å². The molecule has 8 nitrogen and oxygen atoms in total. The lowest BCUT2D eigenvalue weighted by Gasteiger charge is -2.09. The zero-order chi connectivity index (χ0) is 22.5. The lowest BCUT2D eigenvalue weighted by Crippen LogP contribution is -2.27. The fourth-order valence-corrected chi connectivity index (χ4v) is 3.19. The van der Waals surface area contributed by atoms with Crippen molar-refractivity contribution < 1.29 is 23.6 Å². The van der Waals surface area contributed by atoms with E-state index in [1.807, 2.05) is 13.0 Å². The highest BCUT2D eigenvalue weighted by Gasteiger charge is 2.21. The maximum atomic E-state index is 12.7. The van der Waals surface area contributed by atoms with Crippen LogP contribution in [-0.2, 0) is 14.3 Å². The molecule has 2 aromatic heterocycles. The summed E-state index contributed by atoms with van der Waals surface area (Å²) in [6, 6.07) is 12.5. The molecule has 0 saturated heterocycles. The Morgan fingerprint density at radius 2 is 1.84 bits per heavy atom. The molecule has 0 atom stereocenters. The van der Waals surface area contributed by atoms with Crippen LogP contribution in [0.5, 0.6) is 0 Å². The number of ketones is 1. The van der Waals surface area contributed by atoms with Gasteiger partial charge in [-0.15, -0.1) is 0 Å². The molecule has 0 fully saturated rings. The zero-order valence-corrected chi connectivity index (χ0v) is 17.8. The third-order valence-electron chi connectivity index (χ3n) is 4.55. The number of carbonyl (C=O) groups is 3. The van der Waals surface area contributed by atoms with Gasteiger partial charge in [-0.1, -0.05) is 35.5 Å². The van der Waals surface area contributed by atoms with E-state index in [2.05, 4.69) is 10.5 Å². The second-order valence-electron chi connectivity index (χ2n) is 7.07. The molecule has 0 bridgehead atoms. The summed E-state index contributed by atoms with van der Waals surface area (Å²) in [4.78, 5) is 36.7. The first-order valence-electron chi connectivity index (χ1n) is 9.63. The van der Waals surface area contributed by atoms with Crippen molar-refractivity contribution in [1.29, 1.82) is 0 Å². The fraction of sp³-hybridized carbons (Fsp3) is 0.217. The number of nitrogens with one attached hydrogen (secondary N) is 1. The average molecular weight is 421 g/mol. The van der Waals surface area contributed by atoms with Gasteiger partial charge in [0, 0.05) is 29.9 Å². The maximum absolute atomic E-state index is 12.7. The van der Waals surface area contributed by atoms with E-state index in [1.165, 1.54) is 13.0 Å². The molecule has 0 saturated carbocycles. The molecule has 0 aliphatic rings. The van der Waals surface area contributed by atoms with Crippen LogP contribution in [0.15, 0.2) is 52.7 Å². The molecule has 1 N–H and O–H groups in total. The van der Waals surface area contributed by atoms with E-state index in [9.17, 15) is 14.4 Å². The molecule has 0 aliphatic carbocycles. The number of rotatable bonds is 7. The Labute approximate surface area is 179 Å². The Kier molecular flexibility index (Phi) is 6.49. The van der Waals surface area contributed by atoms with E-state index >= 15 is 0 Å². The van der Waals surface area contributed by atoms with Crippen LogP contribution in [-0.4, -0.2) is 34.0 Å². The Balaban J connectivity index is 1.75. The van der Waals surface area contributed by atoms with Gasteiger partial charge in [0.1, 0.15) is 11.5 Å². The molecule has 31 heavy (non-hydrogen) atoms. The lowest BCUT2D eigenvalue weighted by molar-refractivity contribution is -0.139. The second kappa shape index (κ2) is 9.25. The van der Waals surface area contributed by atoms with Crippen LogP contribution in [0, 0.1) is 20.8 Å². The average Bonchev–Trinajstić information content (AvgIpc) is 3.27. The van der Waals surface area contributed by atoms with Crippen LogP contribution in [0.1, 0.15) is 40.0 Å². The number of benzene rings is 1. The third kappa shape index (κ3) is 5.16. The minimum atomic E-state index is -0.798. The van der Waals surface area contributed by atoms with Crippen molar-refractivity contribution in [2.24, 2.45) is 0 Å². The molecular weight excluding hydrogens is 398 g/mol. The van der Waals surface area contributed by atoms with Gasteiger partial charge in [0.05, 0.1) is 0 Å². The van der Waals surface area contributed by atoms with Crippen molar-refractivity contribution in [2.45, 2.75) is 27.7 Å². The van der Waals surface area contributed by atoms with E-state index in [-0.39, 0.29) is 11.5 Å². The molecular formula is C23H23N3O5. The number of aromatic nitrogens is 2. The predicted molar refractivity (Wildman–Crippen MR) is 114 cm³/mol. The van der Waals surface area contributed by atoms with Crippen LogP contribution in [0.4, 0.5) is 0 Å². The van der Waals surface area contributed by atoms with Gasteiger partial charge in [-0.2, -0.15) is 0 Å². The molecule has 8 heteroatoms. The number of amides is 1. The van der Waals surface area contributed by atoms with Crippen LogP contribution in [0.2, 0.25) is 0 Å². The third-order valence-corrected chi connectivity index (χ3v) is 4.55. The fourth-order valence-electron chi connectivity index (χ4n) is 3.19. The van der Waals surface area contributed by atoms with Crippen molar-refractivity contribution in [3.8, 4) is 5.82 Å². The van der Waals surface area contributed by atoms with Crippen LogP contribution >= 0.6 is 0 Å². The van der Waals surface area contributed by atoms with E-state index in [1.54, 1.807) is 54.8 Å². The Morgan fingerprint density at radius 1 is 1.13 bits per heavy atom. The predicted octanol–water partition coefficient (Wildman–Crippen LogP) is 3.29. The van der Waals surface area contributed by atoms with E-state index in [0.29, 0.717) is 28.4 Å². The van der Waals surface area contributed by atoms with Crippen molar-refractivity contribution in [1.82, 2.24) is 15.0 Å². The summed E-state index contributed by atoms with van der Waals surface area (Å²) in [5.41, 5.74) is 2.53. The minimum Gasteiger partial charge on any atom is -0.453 e. The van der Waals surface area contributed by atoms with E-state index in [4.69, 9.17) is 9.26 Å². The normalized spacial score (nSPS) is 11.3. The van der Waals surface area contributed by atoms with Gasteiger partial charge in [-0.3, -0.25) is 14.2 Å². The first-order valence-corrected chi connectivity index (χ1v) is 9.63. The standard InChI is InChI=1S/C23H23N3O5/c1-14-10-19(16(3)26(14)22-11-15(2)31-25-22)21(28)13-30-23(29)20(24-17(4)27)12-18-8-6-5-7-9-18/h5-12H,13H2,1-4H3,(H,24,27)/b20-12+. The number of aryl methyl sites for hydroxylation is 2. The highest BCUT2D eigenvalue weighted by Crippen LogP contribution is 2.21. The summed E-state index contributed by atoms with van der Waals surface area (Å²) in [6.07, 6.45) is 1.49. The topological polar surface area (TPSA) is 103 Å². The van der Waals surface area contributed by atoms with E-state index in [0.717, 1.165) is 5.69 Å². The number of hydrogen-bond donors (Lipinski definition) is 1. The Bertz CT molecular complexity index is 1160. The summed E-state index contributed by atoms with van der Waals surface area (Å²) < 4.78 is 12.1. The first kappa shape index (κ1) is 21.8. The minimum absolute atomic E-state index is 0.0463. The highest BCUT2D eigenvalue weighted by atomic mass is 16.5. The summed E-state index contributed by atoms with van der Waals surface area (Å²) in [5.74, 6) is -0.359. The van der Waals surface area contributed by atoms with Crippen molar-refractivity contribution >= 4 is 23.7 Å². The molecule has 1 aromatic carbocycles. The largest absolute Gasteiger partial charge is 0.453 e. The molecule has 0 aliphatic heterocycles. The van der Waals surface area contributed by atoms with Gasteiger partial charge in [0.25, 0.3) is 0 Å². The van der Waals surface area contributed by atoms with Gasteiger partial charge in [0.2, 0.25) is 11.7 Å². The SMILES string of the molecule is CC(=O)N/C(=C/c1ccccc1)C(=O)OCC(=O)c1cc(C)n(-c2cc(C)on2)c1C. The van der Waals surface area contributed by atoms with Crippen LogP contribution in [0.25, 0.3) is 11.9 Å². The summed E-state index contributed by atoms with van der Waals surface area (Å²) in [5, 5.41) is 6.44. The van der Waals surface area contributed by atoms with Gasteiger partial charge in [-0.05, 0) is 38.5 Å². The number of carbonyl (C=O) groups excluding carboxylic acids is 3. The van der Waals surface area contributed by atoms with Gasteiger partial charge in [-0.25, -0.2) is 4.79 Å². The molecule has 0 unspecified atom stereocenters. The first-order chi connectivity index (χ1) is 14.8. The molecule has 2 heterocycles. The highest BCUT2D eigenvalue weighted by molar-refractivity contribution is 6.02. The molecule has 3 aromatic rings. The summed E-state index contributed by atoms with van der Waals surface area (Å²) >= 11 is 0. The summed E-state index contributed by atoms with van der Waals surface area (Å²) in [7, 11) is 0. The molecule has 0 spiro atoms. The molecule has 1 amide bonds. The monoisotopic (exact) mass is 421 g/mol. The van der Waals surface area contributed by atoms with Crippen molar-refractivity contribution in [2.75, 3.05) is 6.61 Å². The van der Waals surface area contributed by atoms with Crippen molar-refractivity contribution in [3.05, 3.63) is 76.4 Å². The second-order valence-corrected chi connectivity index (χ2v) is 7.07. The lowest BCUT2D eigenvalue weighted by atomic mass is 10.1.